The SMILES string of the molecule is COCC(C)CC1CCC(C)C1Sc1cc(C(=O)Nc2cc(F)c(F)c(F)c2)ccc1N(C)C. The maximum absolute atomic E-state index is 13.6. The van der Waals surface area contributed by atoms with Gasteiger partial charge >= 0.3 is 0 Å². The molecule has 1 saturated carbocycles. The fourth-order valence-electron chi connectivity index (χ4n) is 4.70. The minimum atomic E-state index is -1.56. The summed E-state index contributed by atoms with van der Waals surface area (Å²) in [6.07, 6.45) is 3.43. The molecule has 0 bridgehead atoms. The smallest absolute Gasteiger partial charge is 0.255 e. The number of rotatable bonds is 9. The van der Waals surface area contributed by atoms with Gasteiger partial charge in [-0.1, -0.05) is 13.8 Å². The predicted molar refractivity (Wildman–Crippen MR) is 132 cm³/mol. The third kappa shape index (κ3) is 6.27. The van der Waals surface area contributed by atoms with Gasteiger partial charge in [0, 0.05) is 67.0 Å². The topological polar surface area (TPSA) is 41.6 Å². The lowest BCUT2D eigenvalue weighted by Gasteiger charge is -2.27. The van der Waals surface area contributed by atoms with Crippen molar-refractivity contribution in [2.45, 2.75) is 43.3 Å². The molecule has 0 spiro atoms. The van der Waals surface area contributed by atoms with Gasteiger partial charge in [0.25, 0.3) is 5.91 Å². The average Bonchev–Trinajstić information content (AvgIpc) is 3.10. The van der Waals surface area contributed by atoms with Gasteiger partial charge in [0.1, 0.15) is 0 Å². The van der Waals surface area contributed by atoms with E-state index in [1.54, 1.807) is 24.9 Å². The number of anilines is 2. The number of methoxy groups -OCH3 is 1. The Morgan fingerprint density at radius 3 is 2.47 bits per heavy atom. The summed E-state index contributed by atoms with van der Waals surface area (Å²) < 4.78 is 45.7. The first-order valence-electron chi connectivity index (χ1n) is 11.5. The van der Waals surface area contributed by atoms with E-state index in [0.717, 1.165) is 35.7 Å². The lowest BCUT2D eigenvalue weighted by atomic mass is 9.94. The van der Waals surface area contributed by atoms with Crippen molar-refractivity contribution in [1.82, 2.24) is 0 Å². The summed E-state index contributed by atoms with van der Waals surface area (Å²) in [7, 11) is 5.65. The number of halogens is 3. The first-order chi connectivity index (χ1) is 16.1. The second-order valence-electron chi connectivity index (χ2n) is 9.48. The lowest BCUT2D eigenvalue weighted by Crippen LogP contribution is -2.21. The van der Waals surface area contributed by atoms with Crippen LogP contribution in [-0.2, 0) is 4.74 Å². The molecule has 1 aliphatic rings. The van der Waals surface area contributed by atoms with E-state index in [4.69, 9.17) is 4.74 Å². The molecule has 0 saturated heterocycles. The van der Waals surface area contributed by atoms with Crippen LogP contribution in [0.5, 0.6) is 0 Å². The summed E-state index contributed by atoms with van der Waals surface area (Å²) >= 11 is 1.80. The van der Waals surface area contributed by atoms with Crippen LogP contribution in [0.1, 0.15) is 43.5 Å². The minimum Gasteiger partial charge on any atom is -0.384 e. The summed E-state index contributed by atoms with van der Waals surface area (Å²) in [5.41, 5.74) is 1.24. The van der Waals surface area contributed by atoms with Crippen molar-refractivity contribution in [3.8, 4) is 0 Å². The van der Waals surface area contributed by atoms with E-state index in [1.807, 2.05) is 31.1 Å². The Morgan fingerprint density at radius 1 is 1.18 bits per heavy atom. The second kappa shape index (κ2) is 11.5. The molecule has 1 N–H and O–H groups in total. The molecule has 2 aromatic rings. The summed E-state index contributed by atoms with van der Waals surface area (Å²) in [5, 5.41) is 2.89. The quantitative estimate of drug-likeness (QED) is 0.399. The van der Waals surface area contributed by atoms with Gasteiger partial charge in [0.2, 0.25) is 0 Å². The minimum absolute atomic E-state index is 0.135. The van der Waals surface area contributed by atoms with Crippen LogP contribution in [0.4, 0.5) is 24.5 Å². The van der Waals surface area contributed by atoms with Gasteiger partial charge < -0.3 is 15.0 Å². The van der Waals surface area contributed by atoms with E-state index in [2.05, 4.69) is 19.2 Å². The van der Waals surface area contributed by atoms with Gasteiger partial charge in [0.05, 0.1) is 0 Å². The fraction of sp³-hybridized carbons (Fsp3) is 0.500. The standard InChI is InChI=1S/C26H33F3N2O2S/c1-15(14-33-5)10-17-7-6-16(2)25(17)34-23-11-18(8-9-22(23)31(3)4)26(32)30-19-12-20(27)24(29)21(28)13-19/h8-9,11-13,15-17,25H,6-7,10,14H2,1-5H3,(H,30,32). The lowest BCUT2D eigenvalue weighted by molar-refractivity contribution is 0.102. The van der Waals surface area contributed by atoms with Gasteiger partial charge in [-0.3, -0.25) is 4.79 Å². The van der Waals surface area contributed by atoms with Gasteiger partial charge in [-0.05, 0) is 55.2 Å². The van der Waals surface area contributed by atoms with E-state index in [0.29, 0.717) is 28.6 Å². The molecule has 1 amide bonds. The molecule has 0 aromatic heterocycles. The number of hydrogen-bond donors (Lipinski definition) is 1. The molecule has 1 aliphatic carbocycles. The van der Waals surface area contributed by atoms with E-state index in [-0.39, 0.29) is 5.69 Å². The highest BCUT2D eigenvalue weighted by molar-refractivity contribution is 8.00. The van der Waals surface area contributed by atoms with E-state index in [1.165, 1.54) is 12.8 Å². The van der Waals surface area contributed by atoms with Crippen molar-refractivity contribution in [1.29, 1.82) is 0 Å². The monoisotopic (exact) mass is 494 g/mol. The molecule has 0 heterocycles. The molecule has 0 aliphatic heterocycles. The molecule has 4 unspecified atom stereocenters. The molecule has 0 radical (unpaired) electrons. The number of hydrogen-bond acceptors (Lipinski definition) is 4. The predicted octanol–water partition coefficient (Wildman–Crippen LogP) is 6.60. The van der Waals surface area contributed by atoms with Crippen LogP contribution in [0.2, 0.25) is 0 Å². The van der Waals surface area contributed by atoms with E-state index < -0.39 is 23.4 Å². The van der Waals surface area contributed by atoms with Crippen LogP contribution in [0.25, 0.3) is 0 Å². The molecule has 3 rings (SSSR count). The van der Waals surface area contributed by atoms with Crippen molar-refractivity contribution in [2.75, 3.05) is 38.0 Å². The molecule has 34 heavy (non-hydrogen) atoms. The van der Waals surface area contributed by atoms with Crippen molar-refractivity contribution >= 4 is 29.0 Å². The first-order valence-corrected chi connectivity index (χ1v) is 12.4. The number of thioether (sulfide) groups is 1. The maximum atomic E-state index is 13.6. The van der Waals surface area contributed by atoms with Crippen LogP contribution in [0.15, 0.2) is 35.2 Å². The number of benzene rings is 2. The van der Waals surface area contributed by atoms with Gasteiger partial charge in [-0.2, -0.15) is 0 Å². The molecule has 4 atom stereocenters. The molecular formula is C26H33F3N2O2S. The zero-order valence-corrected chi connectivity index (χ0v) is 21.1. The summed E-state index contributed by atoms with van der Waals surface area (Å²) in [5.74, 6) is -3.19. The third-order valence-corrected chi connectivity index (χ3v) is 8.09. The molecule has 186 valence electrons. The van der Waals surface area contributed by atoms with Crippen molar-refractivity contribution in [3.05, 3.63) is 53.3 Å². The summed E-state index contributed by atoms with van der Waals surface area (Å²) in [4.78, 5) is 15.8. The number of carbonyl (C=O) groups excluding carboxylic acids is 1. The zero-order chi connectivity index (χ0) is 25.0. The number of nitrogens with one attached hydrogen (secondary N) is 1. The highest BCUT2D eigenvalue weighted by atomic mass is 32.2. The van der Waals surface area contributed by atoms with E-state index in [9.17, 15) is 18.0 Å². The number of nitrogens with zero attached hydrogens (tertiary/aromatic N) is 1. The highest BCUT2D eigenvalue weighted by Gasteiger charge is 2.35. The van der Waals surface area contributed by atoms with Crippen molar-refractivity contribution in [3.63, 3.8) is 0 Å². The van der Waals surface area contributed by atoms with Crippen molar-refractivity contribution in [2.24, 2.45) is 17.8 Å². The molecule has 1 fully saturated rings. The molecule has 4 nitrogen and oxygen atoms in total. The van der Waals surface area contributed by atoms with Crippen LogP contribution in [0.3, 0.4) is 0 Å². The highest BCUT2D eigenvalue weighted by Crippen LogP contribution is 2.47. The van der Waals surface area contributed by atoms with Crippen LogP contribution >= 0.6 is 11.8 Å². The Kier molecular flexibility index (Phi) is 8.93. The Bertz CT molecular complexity index is 995. The van der Waals surface area contributed by atoms with Crippen molar-refractivity contribution < 1.29 is 22.7 Å². The normalized spacial score (nSPS) is 20.9. The Morgan fingerprint density at radius 2 is 1.85 bits per heavy atom. The summed E-state index contributed by atoms with van der Waals surface area (Å²) in [6, 6.07) is 6.93. The largest absolute Gasteiger partial charge is 0.384 e. The Labute approximate surface area is 204 Å². The average molecular weight is 495 g/mol. The zero-order valence-electron chi connectivity index (χ0n) is 20.3. The van der Waals surface area contributed by atoms with E-state index >= 15 is 0 Å². The Hall–Kier alpha value is -2.19. The van der Waals surface area contributed by atoms with Crippen LogP contribution < -0.4 is 10.2 Å². The van der Waals surface area contributed by atoms with Crippen LogP contribution in [-0.4, -0.2) is 39.0 Å². The molecule has 8 heteroatoms. The number of ether oxygens (including phenoxy) is 1. The molecule has 2 aromatic carbocycles. The maximum Gasteiger partial charge on any atom is 0.255 e. The third-order valence-electron chi connectivity index (χ3n) is 6.38. The summed E-state index contributed by atoms with van der Waals surface area (Å²) in [6.45, 7) is 5.24. The van der Waals surface area contributed by atoms with Gasteiger partial charge in [0.15, 0.2) is 17.5 Å². The Balaban J connectivity index is 1.83. The van der Waals surface area contributed by atoms with Gasteiger partial charge in [-0.25, -0.2) is 13.2 Å². The van der Waals surface area contributed by atoms with Gasteiger partial charge in [-0.15, -0.1) is 11.8 Å². The number of amides is 1. The fourth-order valence-corrected chi connectivity index (χ4v) is 6.37. The first kappa shape index (κ1) is 26.4. The van der Waals surface area contributed by atoms with Crippen LogP contribution in [0, 0.1) is 35.2 Å². The second-order valence-corrected chi connectivity index (χ2v) is 10.7. The molecular weight excluding hydrogens is 461 g/mol. The number of carbonyl (C=O) groups is 1.